The van der Waals surface area contributed by atoms with Gasteiger partial charge in [0.25, 0.3) is 0 Å². The van der Waals surface area contributed by atoms with E-state index in [0.29, 0.717) is 0 Å². The Morgan fingerprint density at radius 1 is 1.30 bits per heavy atom. The van der Waals surface area contributed by atoms with Crippen LogP contribution in [-0.4, -0.2) is 17.4 Å². The number of aromatic amines is 1. The zero-order valence-corrected chi connectivity index (χ0v) is 12.0. The summed E-state index contributed by atoms with van der Waals surface area (Å²) in [4.78, 5) is 15.8. The van der Waals surface area contributed by atoms with Crippen LogP contribution in [-0.2, 0) is 10.2 Å². The molecule has 0 radical (unpaired) electrons. The summed E-state index contributed by atoms with van der Waals surface area (Å²) in [5.74, 6) is 0.207. The number of rotatable bonds is 6. The predicted octanol–water partition coefficient (Wildman–Crippen LogP) is 3.51. The number of carbonyl (C=O) groups excluding carboxylic acids is 1. The van der Waals surface area contributed by atoms with E-state index in [2.05, 4.69) is 29.4 Å². The van der Waals surface area contributed by atoms with Gasteiger partial charge in [-0.05, 0) is 30.9 Å². The van der Waals surface area contributed by atoms with E-state index in [0.717, 1.165) is 31.3 Å². The van der Waals surface area contributed by atoms with Crippen LogP contribution >= 0.6 is 0 Å². The van der Waals surface area contributed by atoms with E-state index in [9.17, 15) is 4.79 Å². The molecule has 1 aromatic carbocycles. The second-order valence-corrected chi connectivity index (χ2v) is 5.79. The molecular formula is C17H22N2O. The van der Waals surface area contributed by atoms with Crippen LogP contribution in [0.25, 0.3) is 10.9 Å². The van der Waals surface area contributed by atoms with Crippen molar-refractivity contribution in [3.05, 3.63) is 36.0 Å². The number of fused-ring (bicyclic) bond motifs is 1. The summed E-state index contributed by atoms with van der Waals surface area (Å²) < 4.78 is 0. The maximum absolute atomic E-state index is 12.5. The lowest BCUT2D eigenvalue weighted by atomic mass is 9.94. The Kier molecular flexibility index (Phi) is 3.51. The van der Waals surface area contributed by atoms with Gasteiger partial charge in [0.1, 0.15) is 0 Å². The molecule has 1 aliphatic rings. The quantitative estimate of drug-likeness (QED) is 0.775. The Hall–Kier alpha value is -1.77. The highest BCUT2D eigenvalue weighted by Crippen LogP contribution is 2.50. The Balaban J connectivity index is 1.77. The van der Waals surface area contributed by atoms with Gasteiger partial charge in [-0.2, -0.15) is 0 Å². The largest absolute Gasteiger partial charge is 0.361 e. The van der Waals surface area contributed by atoms with Crippen molar-refractivity contribution >= 4 is 16.8 Å². The molecular weight excluding hydrogens is 248 g/mol. The van der Waals surface area contributed by atoms with E-state index >= 15 is 0 Å². The maximum atomic E-state index is 12.5. The van der Waals surface area contributed by atoms with Crippen molar-refractivity contribution in [1.82, 2.24) is 10.3 Å². The normalized spacial score (nSPS) is 16.2. The number of nitrogens with one attached hydrogen (secondary N) is 2. The summed E-state index contributed by atoms with van der Waals surface area (Å²) in [6.45, 7) is 2.98. The average molecular weight is 270 g/mol. The van der Waals surface area contributed by atoms with Crippen molar-refractivity contribution < 1.29 is 4.79 Å². The van der Waals surface area contributed by atoms with Crippen LogP contribution < -0.4 is 5.32 Å². The monoisotopic (exact) mass is 270 g/mol. The molecule has 1 aliphatic carbocycles. The zero-order valence-electron chi connectivity index (χ0n) is 12.0. The molecule has 20 heavy (non-hydrogen) atoms. The molecule has 0 saturated heterocycles. The molecule has 2 N–H and O–H groups in total. The second-order valence-electron chi connectivity index (χ2n) is 5.79. The standard InChI is InChI=1S/C17H22N2O/c1-2-3-6-11-18-16(20)17(9-10-17)14-12-19-15-8-5-4-7-13(14)15/h4-5,7-8,12,19H,2-3,6,9-11H2,1H3,(H,18,20). The molecule has 3 rings (SSSR count). The van der Waals surface area contributed by atoms with Gasteiger partial charge in [-0.1, -0.05) is 38.0 Å². The summed E-state index contributed by atoms with van der Waals surface area (Å²) in [6, 6.07) is 8.22. The van der Waals surface area contributed by atoms with Crippen LogP contribution in [0.1, 0.15) is 44.6 Å². The molecule has 0 spiro atoms. The molecule has 2 aromatic rings. The van der Waals surface area contributed by atoms with Gasteiger partial charge in [0.2, 0.25) is 5.91 Å². The molecule has 1 amide bonds. The van der Waals surface area contributed by atoms with Gasteiger partial charge < -0.3 is 10.3 Å². The van der Waals surface area contributed by atoms with E-state index in [4.69, 9.17) is 0 Å². The molecule has 3 nitrogen and oxygen atoms in total. The molecule has 0 aliphatic heterocycles. The number of H-pyrrole nitrogens is 1. The predicted molar refractivity (Wildman–Crippen MR) is 81.7 cm³/mol. The minimum Gasteiger partial charge on any atom is -0.361 e. The number of hydrogen-bond donors (Lipinski definition) is 2. The van der Waals surface area contributed by atoms with Crippen LogP contribution in [0, 0.1) is 0 Å². The lowest BCUT2D eigenvalue weighted by Crippen LogP contribution is -2.35. The third-order valence-corrected chi connectivity index (χ3v) is 4.36. The lowest BCUT2D eigenvalue weighted by molar-refractivity contribution is -0.123. The molecule has 0 unspecified atom stereocenters. The highest BCUT2D eigenvalue weighted by Gasteiger charge is 2.52. The maximum Gasteiger partial charge on any atom is 0.230 e. The van der Waals surface area contributed by atoms with E-state index < -0.39 is 0 Å². The first-order valence-electron chi connectivity index (χ1n) is 7.63. The van der Waals surface area contributed by atoms with Crippen LogP contribution in [0.3, 0.4) is 0 Å². The number of aromatic nitrogens is 1. The fraction of sp³-hybridized carbons (Fsp3) is 0.471. The van der Waals surface area contributed by atoms with E-state index in [-0.39, 0.29) is 11.3 Å². The Bertz CT molecular complexity index is 610. The summed E-state index contributed by atoms with van der Waals surface area (Å²) in [5, 5.41) is 4.31. The first-order valence-corrected chi connectivity index (χ1v) is 7.63. The second kappa shape index (κ2) is 5.31. The van der Waals surface area contributed by atoms with Crippen molar-refractivity contribution in [2.24, 2.45) is 0 Å². The van der Waals surface area contributed by atoms with Crippen LogP contribution in [0.4, 0.5) is 0 Å². The number of hydrogen-bond acceptors (Lipinski definition) is 1. The van der Waals surface area contributed by atoms with Gasteiger partial charge in [-0.3, -0.25) is 4.79 Å². The highest BCUT2D eigenvalue weighted by molar-refractivity contribution is 5.97. The molecule has 0 bridgehead atoms. The number of amides is 1. The topological polar surface area (TPSA) is 44.9 Å². The number of unbranched alkanes of at least 4 members (excludes halogenated alkanes) is 2. The van der Waals surface area contributed by atoms with Crippen LogP contribution in [0.15, 0.2) is 30.5 Å². The average Bonchev–Trinajstić information content (AvgIpc) is 3.17. The van der Waals surface area contributed by atoms with Gasteiger partial charge in [0, 0.05) is 23.6 Å². The van der Waals surface area contributed by atoms with Crippen LogP contribution in [0.5, 0.6) is 0 Å². The molecule has 1 heterocycles. The van der Waals surface area contributed by atoms with Crippen molar-refractivity contribution in [1.29, 1.82) is 0 Å². The van der Waals surface area contributed by atoms with Gasteiger partial charge in [-0.25, -0.2) is 0 Å². The van der Waals surface area contributed by atoms with Gasteiger partial charge in [-0.15, -0.1) is 0 Å². The zero-order chi connectivity index (χ0) is 14.0. The lowest BCUT2D eigenvalue weighted by Gasteiger charge is -2.14. The van der Waals surface area contributed by atoms with Gasteiger partial charge >= 0.3 is 0 Å². The van der Waals surface area contributed by atoms with E-state index in [1.807, 2.05) is 18.3 Å². The summed E-state index contributed by atoms with van der Waals surface area (Å²) in [7, 11) is 0. The highest BCUT2D eigenvalue weighted by atomic mass is 16.2. The summed E-state index contributed by atoms with van der Waals surface area (Å²) in [5.41, 5.74) is 2.01. The Labute approximate surface area is 119 Å². The molecule has 3 heteroatoms. The van der Waals surface area contributed by atoms with E-state index in [1.54, 1.807) is 0 Å². The molecule has 0 atom stereocenters. The van der Waals surface area contributed by atoms with Crippen LogP contribution in [0.2, 0.25) is 0 Å². The molecule has 106 valence electrons. The molecule has 1 aromatic heterocycles. The molecule has 1 fully saturated rings. The first-order chi connectivity index (χ1) is 9.78. The summed E-state index contributed by atoms with van der Waals surface area (Å²) in [6.07, 6.45) is 7.39. The van der Waals surface area contributed by atoms with Crippen molar-refractivity contribution in [3.8, 4) is 0 Å². The Morgan fingerprint density at radius 3 is 2.85 bits per heavy atom. The third kappa shape index (κ3) is 2.21. The minimum absolute atomic E-state index is 0.207. The SMILES string of the molecule is CCCCCNC(=O)C1(c2c[nH]c3ccccc23)CC1. The van der Waals surface area contributed by atoms with E-state index in [1.165, 1.54) is 23.8 Å². The van der Waals surface area contributed by atoms with Gasteiger partial charge in [0.15, 0.2) is 0 Å². The van der Waals surface area contributed by atoms with Crippen molar-refractivity contribution in [3.63, 3.8) is 0 Å². The summed E-state index contributed by atoms with van der Waals surface area (Å²) >= 11 is 0. The third-order valence-electron chi connectivity index (χ3n) is 4.36. The minimum atomic E-state index is -0.272. The smallest absolute Gasteiger partial charge is 0.230 e. The van der Waals surface area contributed by atoms with Crippen molar-refractivity contribution in [2.75, 3.05) is 6.54 Å². The number of carbonyl (C=O) groups is 1. The number of benzene rings is 1. The molecule has 1 saturated carbocycles. The van der Waals surface area contributed by atoms with Gasteiger partial charge in [0.05, 0.1) is 5.41 Å². The fourth-order valence-corrected chi connectivity index (χ4v) is 2.96. The Morgan fingerprint density at radius 2 is 2.10 bits per heavy atom. The first kappa shape index (κ1) is 13.2. The number of para-hydroxylation sites is 1. The van der Waals surface area contributed by atoms with Crippen molar-refractivity contribution in [2.45, 2.75) is 44.4 Å². The fourth-order valence-electron chi connectivity index (χ4n) is 2.96.